The highest BCUT2D eigenvalue weighted by molar-refractivity contribution is 6.51. The van der Waals surface area contributed by atoms with Crippen LogP contribution in [0.25, 0.3) is 5.76 Å². The Kier molecular flexibility index (Phi) is 4.93. The molecule has 3 aromatic rings. The largest absolute Gasteiger partial charge is 0.507 e. The van der Waals surface area contributed by atoms with Crippen LogP contribution in [0, 0.1) is 5.82 Å². The zero-order valence-corrected chi connectivity index (χ0v) is 17.0. The van der Waals surface area contributed by atoms with Crippen LogP contribution < -0.4 is 9.64 Å². The number of hydrogen-bond acceptors (Lipinski definition) is 5. The molecule has 0 bridgehead atoms. The number of aliphatic hydroxyl groups excluding tert-OH is 1. The number of carbonyl (C=O) groups excluding carboxylic acids is 2. The Morgan fingerprint density at radius 3 is 2.69 bits per heavy atom. The first kappa shape index (κ1) is 19.9. The van der Waals surface area contributed by atoms with Gasteiger partial charge in [-0.15, -0.1) is 0 Å². The summed E-state index contributed by atoms with van der Waals surface area (Å²) in [5.74, 6) is -1.73. The van der Waals surface area contributed by atoms with E-state index in [4.69, 9.17) is 4.74 Å². The summed E-state index contributed by atoms with van der Waals surface area (Å²) in [6.45, 7) is 0.638. The summed E-state index contributed by atoms with van der Waals surface area (Å²) in [4.78, 5) is 31.4. The summed E-state index contributed by atoms with van der Waals surface area (Å²) in [6, 6.07) is 13.1. The third-order valence-corrected chi connectivity index (χ3v) is 5.73. The molecule has 1 unspecified atom stereocenters. The second-order valence-electron chi connectivity index (χ2n) is 7.70. The molecule has 3 heterocycles. The van der Waals surface area contributed by atoms with Crippen LogP contribution in [0.1, 0.15) is 29.2 Å². The van der Waals surface area contributed by atoms with Crippen LogP contribution in [0.3, 0.4) is 0 Å². The highest BCUT2D eigenvalue weighted by atomic mass is 19.1. The predicted molar refractivity (Wildman–Crippen MR) is 116 cm³/mol. The molecule has 0 spiro atoms. The van der Waals surface area contributed by atoms with E-state index in [1.165, 1.54) is 35.5 Å². The van der Waals surface area contributed by atoms with Crippen molar-refractivity contribution in [2.75, 3.05) is 11.5 Å². The molecule has 2 aromatic carbocycles. The van der Waals surface area contributed by atoms with Gasteiger partial charge in [-0.1, -0.05) is 6.07 Å². The lowest BCUT2D eigenvalue weighted by Crippen LogP contribution is -2.29. The fourth-order valence-electron chi connectivity index (χ4n) is 4.25. The van der Waals surface area contributed by atoms with Crippen LogP contribution in [0.4, 0.5) is 10.1 Å². The molecule has 6 nitrogen and oxygen atoms in total. The summed E-state index contributed by atoms with van der Waals surface area (Å²) in [7, 11) is 0. The monoisotopic (exact) mass is 430 g/mol. The quantitative estimate of drug-likeness (QED) is 0.383. The number of halogens is 1. The Morgan fingerprint density at radius 2 is 1.91 bits per heavy atom. The van der Waals surface area contributed by atoms with E-state index < -0.39 is 23.5 Å². The van der Waals surface area contributed by atoms with Crippen molar-refractivity contribution in [3.05, 3.63) is 95.1 Å². The van der Waals surface area contributed by atoms with Gasteiger partial charge in [-0.25, -0.2) is 4.39 Å². The number of Topliss-reactive ketones (excluding diaryl/α,β-unsaturated/α-hetero) is 1. The third kappa shape index (κ3) is 3.32. The molecule has 1 saturated heterocycles. The van der Waals surface area contributed by atoms with E-state index in [1.807, 2.05) is 0 Å². The van der Waals surface area contributed by atoms with Gasteiger partial charge >= 0.3 is 0 Å². The standard InChI is InChI=1S/C25H19FN2O4/c26-18-4-1-5-19(14-18)28-22(15-8-10-27-11-9-15)21(24(30)25(28)31)23(29)17-6-7-20-16(13-17)3-2-12-32-20/h1,4-11,13-14,22,29H,2-3,12H2/b23-21-. The molecule has 7 heteroatoms. The molecule has 5 rings (SSSR count). The smallest absolute Gasteiger partial charge is 0.300 e. The van der Waals surface area contributed by atoms with E-state index in [-0.39, 0.29) is 17.0 Å². The molecule has 0 aliphatic carbocycles. The lowest BCUT2D eigenvalue weighted by molar-refractivity contribution is -0.132. The molecule has 1 atom stereocenters. The van der Waals surface area contributed by atoms with Crippen molar-refractivity contribution in [1.82, 2.24) is 4.98 Å². The number of ether oxygens (including phenoxy) is 1. The molecule has 0 radical (unpaired) electrons. The molecule has 160 valence electrons. The Balaban J connectivity index is 1.69. The highest BCUT2D eigenvalue weighted by Gasteiger charge is 2.47. The van der Waals surface area contributed by atoms with Gasteiger partial charge in [0.05, 0.1) is 18.2 Å². The van der Waals surface area contributed by atoms with Crippen molar-refractivity contribution < 1.29 is 23.8 Å². The van der Waals surface area contributed by atoms with E-state index in [0.717, 1.165) is 24.2 Å². The van der Waals surface area contributed by atoms with Gasteiger partial charge in [0.1, 0.15) is 17.3 Å². The lowest BCUT2D eigenvalue weighted by atomic mass is 9.94. The molecule has 1 aromatic heterocycles. The van der Waals surface area contributed by atoms with Crippen molar-refractivity contribution in [3.8, 4) is 5.75 Å². The minimum atomic E-state index is -0.924. The van der Waals surface area contributed by atoms with Crippen LogP contribution in [-0.2, 0) is 16.0 Å². The number of benzene rings is 2. The molecule has 2 aliphatic rings. The van der Waals surface area contributed by atoms with E-state index in [0.29, 0.717) is 17.7 Å². The molecular formula is C25H19FN2O4. The fraction of sp³-hybridized carbons (Fsp3) is 0.160. The number of ketones is 1. The van der Waals surface area contributed by atoms with Crippen molar-refractivity contribution in [3.63, 3.8) is 0 Å². The normalized spacial score (nSPS) is 19.5. The first-order valence-electron chi connectivity index (χ1n) is 10.3. The molecule has 1 fully saturated rings. The maximum absolute atomic E-state index is 13.9. The number of aliphatic hydroxyl groups is 1. The average Bonchev–Trinajstić information content (AvgIpc) is 3.09. The van der Waals surface area contributed by atoms with Crippen LogP contribution >= 0.6 is 0 Å². The van der Waals surface area contributed by atoms with Gasteiger partial charge in [0.2, 0.25) is 0 Å². The van der Waals surface area contributed by atoms with E-state index >= 15 is 0 Å². The number of nitrogens with zero attached hydrogens (tertiary/aromatic N) is 2. The van der Waals surface area contributed by atoms with Crippen LogP contribution in [0.5, 0.6) is 5.75 Å². The Morgan fingerprint density at radius 1 is 1.09 bits per heavy atom. The molecule has 1 N–H and O–H groups in total. The third-order valence-electron chi connectivity index (χ3n) is 5.73. The zero-order chi connectivity index (χ0) is 22.2. The average molecular weight is 430 g/mol. The zero-order valence-electron chi connectivity index (χ0n) is 17.0. The van der Waals surface area contributed by atoms with E-state index in [1.54, 1.807) is 36.4 Å². The Labute approximate surface area is 183 Å². The Hall–Kier alpha value is -4.00. The van der Waals surface area contributed by atoms with Crippen LogP contribution in [0.2, 0.25) is 0 Å². The van der Waals surface area contributed by atoms with Gasteiger partial charge in [0.25, 0.3) is 11.7 Å². The van der Waals surface area contributed by atoms with E-state index in [2.05, 4.69) is 4.98 Å². The first-order chi connectivity index (χ1) is 15.5. The number of pyridine rings is 1. The highest BCUT2D eigenvalue weighted by Crippen LogP contribution is 2.42. The second kappa shape index (κ2) is 7.92. The molecule has 0 saturated carbocycles. The van der Waals surface area contributed by atoms with E-state index in [9.17, 15) is 19.1 Å². The van der Waals surface area contributed by atoms with Crippen LogP contribution in [-0.4, -0.2) is 28.4 Å². The summed E-state index contributed by atoms with van der Waals surface area (Å²) >= 11 is 0. The van der Waals surface area contributed by atoms with Crippen molar-refractivity contribution >= 4 is 23.1 Å². The summed E-state index contributed by atoms with van der Waals surface area (Å²) in [5.41, 5.74) is 2.10. The number of carbonyl (C=O) groups is 2. The van der Waals surface area contributed by atoms with Crippen molar-refractivity contribution in [2.24, 2.45) is 0 Å². The van der Waals surface area contributed by atoms with Gasteiger partial charge in [-0.05, 0) is 72.5 Å². The van der Waals surface area contributed by atoms with Gasteiger partial charge in [0, 0.05) is 23.6 Å². The lowest BCUT2D eigenvalue weighted by Gasteiger charge is -2.25. The van der Waals surface area contributed by atoms with Crippen LogP contribution in [0.15, 0.2) is 72.6 Å². The SMILES string of the molecule is O=C1C(=O)N(c2cccc(F)c2)C(c2ccncc2)/C1=C(/O)c1ccc2c(c1)CCCO2. The topological polar surface area (TPSA) is 79.7 Å². The second-order valence-corrected chi connectivity index (χ2v) is 7.70. The molecular weight excluding hydrogens is 411 g/mol. The summed E-state index contributed by atoms with van der Waals surface area (Å²) < 4.78 is 19.6. The maximum Gasteiger partial charge on any atom is 0.300 e. The van der Waals surface area contributed by atoms with Crippen molar-refractivity contribution in [1.29, 1.82) is 0 Å². The number of amides is 1. The maximum atomic E-state index is 13.9. The number of anilines is 1. The number of aryl methyl sites for hydroxylation is 1. The molecule has 1 amide bonds. The summed E-state index contributed by atoms with van der Waals surface area (Å²) in [6.07, 6.45) is 4.73. The number of aromatic nitrogens is 1. The molecule has 2 aliphatic heterocycles. The van der Waals surface area contributed by atoms with Gasteiger partial charge in [-0.3, -0.25) is 19.5 Å². The number of rotatable bonds is 3. The number of fused-ring (bicyclic) bond motifs is 1. The minimum Gasteiger partial charge on any atom is -0.507 e. The molecule has 32 heavy (non-hydrogen) atoms. The first-order valence-corrected chi connectivity index (χ1v) is 10.3. The minimum absolute atomic E-state index is 0.0536. The summed E-state index contributed by atoms with van der Waals surface area (Å²) in [5, 5.41) is 11.2. The predicted octanol–water partition coefficient (Wildman–Crippen LogP) is 4.17. The van der Waals surface area contributed by atoms with Gasteiger partial charge in [-0.2, -0.15) is 0 Å². The fourth-order valence-corrected chi connectivity index (χ4v) is 4.25. The number of hydrogen-bond donors (Lipinski definition) is 1. The Bertz CT molecular complexity index is 1260. The van der Waals surface area contributed by atoms with Gasteiger partial charge in [0.15, 0.2) is 0 Å². The van der Waals surface area contributed by atoms with Gasteiger partial charge < -0.3 is 9.84 Å². The van der Waals surface area contributed by atoms with Crippen molar-refractivity contribution in [2.45, 2.75) is 18.9 Å².